The van der Waals surface area contributed by atoms with Gasteiger partial charge in [-0.25, -0.2) is 4.98 Å². The largest absolute Gasteiger partial charge is 0.486 e. The van der Waals surface area contributed by atoms with Crippen LogP contribution in [0.25, 0.3) is 11.3 Å². The normalized spacial score (nSPS) is 12.3. The molecule has 0 bridgehead atoms. The predicted molar refractivity (Wildman–Crippen MR) is 97.2 cm³/mol. The van der Waals surface area contributed by atoms with Crippen LogP contribution in [0.2, 0.25) is 0 Å². The van der Waals surface area contributed by atoms with E-state index >= 15 is 0 Å². The van der Waals surface area contributed by atoms with Crippen molar-refractivity contribution >= 4 is 33.8 Å². The molecule has 0 spiro atoms. The number of ether oxygens (including phenoxy) is 2. The molecule has 2 aromatic rings. The molecule has 0 saturated heterocycles. The fourth-order valence-corrected chi connectivity index (χ4v) is 3.01. The number of fused-ring (bicyclic) bond motifs is 1. The molecule has 0 fully saturated rings. The SMILES string of the molecule is C=CC(=C)NC(=S)Nc1nc(-c2ccc3c(c2)OCCO3)cs1. The molecule has 5 nitrogen and oxygen atoms in total. The van der Waals surface area contributed by atoms with E-state index in [-0.39, 0.29) is 0 Å². The highest BCUT2D eigenvalue weighted by atomic mass is 32.1. The first kappa shape index (κ1) is 15.5. The van der Waals surface area contributed by atoms with Crippen LogP contribution in [-0.4, -0.2) is 23.3 Å². The zero-order valence-electron chi connectivity index (χ0n) is 12.3. The Hall–Kier alpha value is -2.38. The summed E-state index contributed by atoms with van der Waals surface area (Å²) in [5.74, 6) is 1.51. The molecule has 2 heterocycles. The quantitative estimate of drug-likeness (QED) is 0.653. The maximum atomic E-state index is 5.60. The molecular weight excluding hydrogens is 330 g/mol. The second kappa shape index (κ2) is 6.80. The predicted octanol–water partition coefficient (Wildman–Crippen LogP) is 3.57. The van der Waals surface area contributed by atoms with Crippen LogP contribution in [0.15, 0.2) is 48.5 Å². The van der Waals surface area contributed by atoms with Gasteiger partial charge in [0.15, 0.2) is 21.7 Å². The summed E-state index contributed by atoms with van der Waals surface area (Å²) in [6.45, 7) is 8.51. The number of benzene rings is 1. The summed E-state index contributed by atoms with van der Waals surface area (Å²) < 4.78 is 11.1. The van der Waals surface area contributed by atoms with Gasteiger partial charge in [0, 0.05) is 16.6 Å². The molecule has 0 unspecified atom stereocenters. The van der Waals surface area contributed by atoms with Crippen LogP contribution in [0.5, 0.6) is 11.5 Å². The van der Waals surface area contributed by atoms with Gasteiger partial charge in [-0.1, -0.05) is 13.2 Å². The lowest BCUT2D eigenvalue weighted by atomic mass is 10.1. The van der Waals surface area contributed by atoms with Crippen molar-refractivity contribution in [2.75, 3.05) is 18.5 Å². The second-order valence-electron chi connectivity index (χ2n) is 4.70. The van der Waals surface area contributed by atoms with Gasteiger partial charge in [-0.3, -0.25) is 0 Å². The van der Waals surface area contributed by atoms with Crippen LogP contribution in [0.4, 0.5) is 5.13 Å². The van der Waals surface area contributed by atoms with E-state index in [1.165, 1.54) is 11.3 Å². The van der Waals surface area contributed by atoms with Crippen molar-refractivity contribution in [3.05, 3.63) is 48.5 Å². The topological polar surface area (TPSA) is 55.4 Å². The smallest absolute Gasteiger partial charge is 0.189 e. The Morgan fingerprint density at radius 3 is 2.87 bits per heavy atom. The molecule has 0 radical (unpaired) electrons. The van der Waals surface area contributed by atoms with E-state index in [0.717, 1.165) is 22.8 Å². The molecular formula is C16H15N3O2S2. The number of nitrogens with one attached hydrogen (secondary N) is 2. The Balaban J connectivity index is 1.73. The monoisotopic (exact) mass is 345 g/mol. The number of allylic oxidation sites excluding steroid dienone is 1. The average molecular weight is 345 g/mol. The molecule has 1 aliphatic heterocycles. The fraction of sp³-hybridized carbons (Fsp3) is 0.125. The van der Waals surface area contributed by atoms with Gasteiger partial charge in [0.25, 0.3) is 0 Å². The molecule has 3 rings (SSSR count). The minimum absolute atomic E-state index is 0.429. The second-order valence-corrected chi connectivity index (χ2v) is 5.97. The lowest BCUT2D eigenvalue weighted by Crippen LogP contribution is -2.26. The molecule has 0 saturated carbocycles. The van der Waals surface area contributed by atoms with E-state index in [1.807, 2.05) is 23.6 Å². The Morgan fingerprint density at radius 1 is 1.30 bits per heavy atom. The lowest BCUT2D eigenvalue weighted by molar-refractivity contribution is 0.171. The molecule has 23 heavy (non-hydrogen) atoms. The standard InChI is InChI=1S/C16H15N3O2S2/c1-3-10(2)17-15(22)19-16-18-12(9-23-16)11-4-5-13-14(8-11)21-7-6-20-13/h3-5,8-9H,1-2,6-7H2,(H2,17,18,19,22). The number of thiazole rings is 1. The van der Waals surface area contributed by atoms with Crippen LogP contribution in [0.1, 0.15) is 0 Å². The number of hydrogen-bond donors (Lipinski definition) is 2. The van der Waals surface area contributed by atoms with Gasteiger partial charge in [-0.05, 0) is 36.5 Å². The van der Waals surface area contributed by atoms with E-state index in [4.69, 9.17) is 21.7 Å². The average Bonchev–Trinajstić information content (AvgIpc) is 3.02. The van der Waals surface area contributed by atoms with E-state index in [2.05, 4.69) is 28.8 Å². The third-order valence-corrected chi connectivity index (χ3v) is 4.04. The highest BCUT2D eigenvalue weighted by Crippen LogP contribution is 2.35. The molecule has 1 aromatic heterocycles. The zero-order valence-corrected chi connectivity index (χ0v) is 13.9. The first-order valence-corrected chi connectivity index (χ1v) is 8.19. The first-order valence-electron chi connectivity index (χ1n) is 6.90. The van der Waals surface area contributed by atoms with E-state index in [1.54, 1.807) is 6.08 Å². The highest BCUT2D eigenvalue weighted by Gasteiger charge is 2.14. The number of anilines is 1. The number of rotatable bonds is 4. The van der Waals surface area contributed by atoms with Crippen LogP contribution in [0, 0.1) is 0 Å². The third-order valence-electron chi connectivity index (χ3n) is 3.08. The summed E-state index contributed by atoms with van der Waals surface area (Å²) >= 11 is 6.65. The molecule has 1 aromatic carbocycles. The minimum atomic E-state index is 0.429. The molecule has 1 aliphatic rings. The Kier molecular flexibility index (Phi) is 4.59. The number of nitrogens with zero attached hydrogens (tertiary/aromatic N) is 1. The maximum absolute atomic E-state index is 5.60. The molecule has 0 atom stereocenters. The summed E-state index contributed by atoms with van der Waals surface area (Å²) in [6, 6.07) is 5.79. The van der Waals surface area contributed by atoms with Crippen LogP contribution in [0.3, 0.4) is 0 Å². The highest BCUT2D eigenvalue weighted by molar-refractivity contribution is 7.80. The first-order chi connectivity index (χ1) is 11.2. The van der Waals surface area contributed by atoms with Gasteiger partial charge in [0.05, 0.1) is 5.69 Å². The van der Waals surface area contributed by atoms with Crippen molar-refractivity contribution in [1.29, 1.82) is 0 Å². The molecule has 2 N–H and O–H groups in total. The van der Waals surface area contributed by atoms with Gasteiger partial charge in [-0.2, -0.15) is 0 Å². The lowest BCUT2D eigenvalue weighted by Gasteiger charge is -2.18. The summed E-state index contributed by atoms with van der Waals surface area (Å²) in [7, 11) is 0. The van der Waals surface area contributed by atoms with Crippen LogP contribution in [-0.2, 0) is 0 Å². The van der Waals surface area contributed by atoms with E-state index < -0.39 is 0 Å². The van der Waals surface area contributed by atoms with Crippen molar-refractivity contribution in [1.82, 2.24) is 10.3 Å². The summed E-state index contributed by atoms with van der Waals surface area (Å²) in [5, 5.41) is 9.01. The Morgan fingerprint density at radius 2 is 2.09 bits per heavy atom. The zero-order chi connectivity index (χ0) is 16.2. The minimum Gasteiger partial charge on any atom is -0.486 e. The van der Waals surface area contributed by atoms with Gasteiger partial charge < -0.3 is 20.1 Å². The Labute approximate surface area is 143 Å². The van der Waals surface area contributed by atoms with Gasteiger partial charge in [-0.15, -0.1) is 11.3 Å². The molecule has 0 amide bonds. The van der Waals surface area contributed by atoms with Crippen molar-refractivity contribution in [2.45, 2.75) is 0 Å². The van der Waals surface area contributed by atoms with E-state index in [9.17, 15) is 0 Å². The van der Waals surface area contributed by atoms with Crippen LogP contribution < -0.4 is 20.1 Å². The van der Waals surface area contributed by atoms with Crippen LogP contribution >= 0.6 is 23.6 Å². The van der Waals surface area contributed by atoms with Crippen molar-refractivity contribution in [3.63, 3.8) is 0 Å². The van der Waals surface area contributed by atoms with E-state index in [0.29, 0.717) is 29.2 Å². The molecule has 118 valence electrons. The third kappa shape index (κ3) is 3.69. The number of thiocarbonyl (C=S) groups is 1. The van der Waals surface area contributed by atoms with Crippen molar-refractivity contribution < 1.29 is 9.47 Å². The van der Waals surface area contributed by atoms with Gasteiger partial charge in [0.2, 0.25) is 0 Å². The molecule has 0 aliphatic carbocycles. The summed E-state index contributed by atoms with van der Waals surface area (Å²) in [6.07, 6.45) is 1.59. The maximum Gasteiger partial charge on any atom is 0.189 e. The Bertz CT molecular complexity index is 770. The summed E-state index contributed by atoms with van der Waals surface area (Å²) in [5.41, 5.74) is 2.44. The van der Waals surface area contributed by atoms with Gasteiger partial charge >= 0.3 is 0 Å². The van der Waals surface area contributed by atoms with Crippen molar-refractivity contribution in [2.24, 2.45) is 0 Å². The molecule has 7 heteroatoms. The van der Waals surface area contributed by atoms with Gasteiger partial charge in [0.1, 0.15) is 13.2 Å². The fourth-order valence-electron chi connectivity index (χ4n) is 1.99. The number of hydrogen-bond acceptors (Lipinski definition) is 5. The van der Waals surface area contributed by atoms with Crippen molar-refractivity contribution in [3.8, 4) is 22.8 Å². The number of aromatic nitrogens is 1. The summed E-state index contributed by atoms with van der Waals surface area (Å²) in [4.78, 5) is 4.53.